The van der Waals surface area contributed by atoms with Gasteiger partial charge in [-0.15, -0.1) is 0 Å². The first kappa shape index (κ1) is 9.89. The van der Waals surface area contributed by atoms with Crippen LogP contribution in [0.1, 0.15) is 46.0 Å². The molecule has 0 aromatic carbocycles. The van der Waals surface area contributed by atoms with Crippen LogP contribution < -0.4 is 0 Å². The van der Waals surface area contributed by atoms with E-state index in [-0.39, 0.29) is 0 Å². The lowest BCUT2D eigenvalue weighted by Gasteiger charge is -2.28. The molecule has 2 heterocycles. The topological polar surface area (TPSA) is 3.24 Å². The second-order valence-electron chi connectivity index (χ2n) is 6.00. The molecule has 2 atom stereocenters. The summed E-state index contributed by atoms with van der Waals surface area (Å²) in [6.07, 6.45) is 7.17. The van der Waals surface area contributed by atoms with E-state index in [1.165, 1.54) is 45.2 Å². The Morgan fingerprint density at radius 1 is 1.27 bits per heavy atom. The maximum Gasteiger partial charge on any atom is 0.0314 e. The van der Waals surface area contributed by atoms with Crippen molar-refractivity contribution in [3.8, 4) is 0 Å². The monoisotopic (exact) mass is 205 g/mol. The lowest BCUT2D eigenvalue weighted by Crippen LogP contribution is -2.25. The summed E-state index contributed by atoms with van der Waals surface area (Å²) < 4.78 is 0. The fourth-order valence-electron chi connectivity index (χ4n) is 3.83. The Labute approximate surface area is 93.5 Å². The van der Waals surface area contributed by atoms with Gasteiger partial charge in [0.25, 0.3) is 0 Å². The molecule has 0 N–H and O–H groups in total. The van der Waals surface area contributed by atoms with Crippen LogP contribution in [0.15, 0.2) is 11.1 Å². The van der Waals surface area contributed by atoms with Gasteiger partial charge in [-0.05, 0) is 50.5 Å². The van der Waals surface area contributed by atoms with Crippen molar-refractivity contribution in [3.63, 3.8) is 0 Å². The third-order valence-corrected chi connectivity index (χ3v) is 4.86. The van der Waals surface area contributed by atoms with Crippen LogP contribution in [0.25, 0.3) is 0 Å². The van der Waals surface area contributed by atoms with Crippen LogP contribution in [-0.2, 0) is 0 Å². The number of rotatable bonds is 1. The highest BCUT2D eigenvalue weighted by Gasteiger charge is 2.38. The van der Waals surface area contributed by atoms with E-state index in [2.05, 4.69) is 18.7 Å². The predicted molar refractivity (Wildman–Crippen MR) is 63.8 cm³/mol. The zero-order chi connectivity index (χ0) is 10.4. The van der Waals surface area contributed by atoms with Gasteiger partial charge in [-0.25, -0.2) is 0 Å². The van der Waals surface area contributed by atoms with Gasteiger partial charge >= 0.3 is 0 Å². The normalized spacial score (nSPS) is 36.2. The zero-order valence-corrected chi connectivity index (χ0v) is 10.1. The van der Waals surface area contributed by atoms with Gasteiger partial charge in [-0.1, -0.05) is 25.0 Å². The van der Waals surface area contributed by atoms with Crippen molar-refractivity contribution < 1.29 is 0 Å². The van der Waals surface area contributed by atoms with Crippen molar-refractivity contribution in [1.29, 1.82) is 0 Å². The van der Waals surface area contributed by atoms with Crippen molar-refractivity contribution in [2.24, 2.45) is 11.8 Å². The van der Waals surface area contributed by atoms with E-state index in [0.29, 0.717) is 0 Å². The van der Waals surface area contributed by atoms with Crippen LogP contribution in [0.2, 0.25) is 0 Å². The Hall–Kier alpha value is -0.300. The fraction of sp³-hybridized carbons (Fsp3) is 0.857. The summed E-state index contributed by atoms with van der Waals surface area (Å²) in [5.41, 5.74) is 3.70. The first-order valence-corrected chi connectivity index (χ1v) is 6.70. The predicted octanol–water partition coefficient (Wildman–Crippen LogP) is 3.22. The molecule has 1 nitrogen and oxygen atoms in total. The number of hydrogen-bond donors (Lipinski definition) is 0. The SMILES string of the molecule is CC(C)C1CCC2=C(C1)C1CCCN1C2. The van der Waals surface area contributed by atoms with Gasteiger partial charge in [0.15, 0.2) is 0 Å². The lowest BCUT2D eigenvalue weighted by atomic mass is 9.77. The largest absolute Gasteiger partial charge is 0.293 e. The minimum Gasteiger partial charge on any atom is -0.293 e. The molecule has 0 amide bonds. The van der Waals surface area contributed by atoms with Gasteiger partial charge in [-0.3, -0.25) is 4.90 Å². The van der Waals surface area contributed by atoms with E-state index in [4.69, 9.17) is 0 Å². The molecule has 1 saturated heterocycles. The van der Waals surface area contributed by atoms with Crippen LogP contribution in [0.5, 0.6) is 0 Å². The molecule has 1 aliphatic carbocycles. The molecule has 0 spiro atoms. The Kier molecular flexibility index (Phi) is 2.39. The molecular formula is C14H23N. The molecule has 3 rings (SSSR count). The minimum absolute atomic E-state index is 0.876. The molecule has 0 radical (unpaired) electrons. The molecule has 0 bridgehead atoms. The highest BCUT2D eigenvalue weighted by atomic mass is 15.2. The quantitative estimate of drug-likeness (QED) is 0.594. The second-order valence-corrected chi connectivity index (χ2v) is 6.00. The third-order valence-electron chi connectivity index (χ3n) is 4.86. The number of fused-ring (bicyclic) bond motifs is 2. The molecule has 84 valence electrons. The van der Waals surface area contributed by atoms with E-state index in [1.54, 1.807) is 0 Å². The highest BCUT2D eigenvalue weighted by molar-refractivity contribution is 5.31. The summed E-state index contributed by atoms with van der Waals surface area (Å²) in [5.74, 6) is 1.86. The smallest absolute Gasteiger partial charge is 0.0314 e. The third kappa shape index (κ3) is 1.56. The van der Waals surface area contributed by atoms with Gasteiger partial charge < -0.3 is 0 Å². The van der Waals surface area contributed by atoms with Crippen LogP contribution in [0.3, 0.4) is 0 Å². The van der Waals surface area contributed by atoms with E-state index < -0.39 is 0 Å². The van der Waals surface area contributed by atoms with Gasteiger partial charge in [0.1, 0.15) is 0 Å². The summed E-state index contributed by atoms with van der Waals surface area (Å²) in [4.78, 5) is 2.73. The summed E-state index contributed by atoms with van der Waals surface area (Å²) >= 11 is 0. The summed E-state index contributed by atoms with van der Waals surface area (Å²) in [6, 6.07) is 0.876. The number of nitrogens with zero attached hydrogens (tertiary/aromatic N) is 1. The van der Waals surface area contributed by atoms with E-state index in [0.717, 1.165) is 17.9 Å². The summed E-state index contributed by atoms with van der Waals surface area (Å²) in [7, 11) is 0. The average molecular weight is 205 g/mol. The minimum atomic E-state index is 0.876. The Bertz CT molecular complexity index is 290. The van der Waals surface area contributed by atoms with Gasteiger partial charge in [0.05, 0.1) is 0 Å². The van der Waals surface area contributed by atoms with E-state index in [1.807, 2.05) is 11.1 Å². The van der Waals surface area contributed by atoms with E-state index in [9.17, 15) is 0 Å². The lowest BCUT2D eigenvalue weighted by molar-refractivity contribution is 0.316. The molecule has 2 unspecified atom stereocenters. The molecule has 1 heteroatoms. The maximum absolute atomic E-state index is 2.73. The average Bonchev–Trinajstić information content (AvgIpc) is 2.75. The van der Waals surface area contributed by atoms with Crippen molar-refractivity contribution in [1.82, 2.24) is 4.90 Å². The molecule has 0 aromatic rings. The Balaban J connectivity index is 1.79. The maximum atomic E-state index is 2.73. The molecule has 1 fully saturated rings. The Morgan fingerprint density at radius 3 is 2.93 bits per heavy atom. The van der Waals surface area contributed by atoms with Crippen molar-refractivity contribution in [2.75, 3.05) is 13.1 Å². The molecule has 3 aliphatic rings. The van der Waals surface area contributed by atoms with Crippen LogP contribution in [0, 0.1) is 11.8 Å². The highest BCUT2D eigenvalue weighted by Crippen LogP contribution is 2.43. The zero-order valence-electron chi connectivity index (χ0n) is 10.1. The fourth-order valence-corrected chi connectivity index (χ4v) is 3.83. The molecule has 15 heavy (non-hydrogen) atoms. The van der Waals surface area contributed by atoms with Crippen LogP contribution in [0.4, 0.5) is 0 Å². The first-order valence-electron chi connectivity index (χ1n) is 6.70. The number of hydrogen-bond acceptors (Lipinski definition) is 1. The van der Waals surface area contributed by atoms with Crippen molar-refractivity contribution >= 4 is 0 Å². The van der Waals surface area contributed by atoms with Gasteiger partial charge in [0.2, 0.25) is 0 Å². The Morgan fingerprint density at radius 2 is 2.13 bits per heavy atom. The van der Waals surface area contributed by atoms with Crippen molar-refractivity contribution in [3.05, 3.63) is 11.1 Å². The summed E-state index contributed by atoms with van der Waals surface area (Å²) in [5, 5.41) is 0. The van der Waals surface area contributed by atoms with Crippen LogP contribution in [-0.4, -0.2) is 24.0 Å². The molecule has 2 aliphatic heterocycles. The first-order chi connectivity index (χ1) is 7.25. The van der Waals surface area contributed by atoms with Gasteiger partial charge in [-0.2, -0.15) is 0 Å². The second kappa shape index (κ2) is 3.62. The molecular weight excluding hydrogens is 182 g/mol. The molecule has 0 aromatic heterocycles. The standard InChI is InChI=1S/C14H23N/c1-10(2)11-5-6-12-9-15-7-3-4-14(15)13(12)8-11/h10-11,14H,3-9H2,1-2H3. The molecule has 0 saturated carbocycles. The van der Waals surface area contributed by atoms with Crippen LogP contribution >= 0.6 is 0 Å². The van der Waals surface area contributed by atoms with Gasteiger partial charge in [0, 0.05) is 12.6 Å². The van der Waals surface area contributed by atoms with E-state index >= 15 is 0 Å². The van der Waals surface area contributed by atoms with Crippen molar-refractivity contribution in [2.45, 2.75) is 52.0 Å². The summed E-state index contributed by atoms with van der Waals surface area (Å²) in [6.45, 7) is 7.49.